The Balaban J connectivity index is 2.07. The first-order valence-electron chi connectivity index (χ1n) is 5.52. The highest BCUT2D eigenvalue weighted by atomic mass is 19.4. The molecule has 3 rings (SSSR count). The number of nitrogens with zero attached hydrogens (tertiary/aromatic N) is 2. The number of H-pyrrole nitrogens is 1. The molecule has 0 aliphatic carbocycles. The Hall–Kier alpha value is -2.37. The van der Waals surface area contributed by atoms with Crippen LogP contribution >= 0.6 is 0 Å². The molecular formula is C13H8F3N3. The number of halogens is 3. The highest BCUT2D eigenvalue weighted by Crippen LogP contribution is 2.29. The highest BCUT2D eigenvalue weighted by molar-refractivity contribution is 5.80. The molecule has 1 aromatic carbocycles. The lowest BCUT2D eigenvalue weighted by Gasteiger charge is -2.02. The smallest absolute Gasteiger partial charge is 0.333 e. The van der Waals surface area contributed by atoms with E-state index in [0.29, 0.717) is 11.2 Å². The van der Waals surface area contributed by atoms with Crippen molar-refractivity contribution in [2.45, 2.75) is 6.18 Å². The van der Waals surface area contributed by atoms with Crippen molar-refractivity contribution < 1.29 is 13.2 Å². The van der Waals surface area contributed by atoms with Crippen molar-refractivity contribution in [2.75, 3.05) is 0 Å². The fourth-order valence-electron chi connectivity index (χ4n) is 1.79. The maximum atomic E-state index is 12.5. The first kappa shape index (κ1) is 11.7. The molecular weight excluding hydrogens is 255 g/mol. The Labute approximate surface area is 106 Å². The van der Waals surface area contributed by atoms with E-state index in [1.807, 2.05) is 18.2 Å². The van der Waals surface area contributed by atoms with Crippen LogP contribution in [0.15, 0.2) is 42.6 Å². The minimum absolute atomic E-state index is 0.109. The number of imidazole rings is 1. The van der Waals surface area contributed by atoms with Gasteiger partial charge in [-0.15, -0.1) is 0 Å². The fourth-order valence-corrected chi connectivity index (χ4v) is 1.79. The van der Waals surface area contributed by atoms with Crippen molar-refractivity contribution in [2.24, 2.45) is 0 Å². The number of rotatable bonds is 1. The summed E-state index contributed by atoms with van der Waals surface area (Å²) in [5.41, 5.74) is 0.219. The minimum Gasteiger partial charge on any atom is -0.333 e. The summed E-state index contributed by atoms with van der Waals surface area (Å²) in [6.45, 7) is 0. The van der Waals surface area contributed by atoms with E-state index in [4.69, 9.17) is 0 Å². The van der Waals surface area contributed by atoms with E-state index in [1.54, 1.807) is 18.2 Å². The second-order valence-electron chi connectivity index (χ2n) is 4.03. The van der Waals surface area contributed by atoms with Crippen LogP contribution in [-0.2, 0) is 6.18 Å². The van der Waals surface area contributed by atoms with Crippen LogP contribution in [0.5, 0.6) is 0 Å². The first-order valence-corrected chi connectivity index (χ1v) is 5.52. The molecule has 96 valence electrons. The third-order valence-corrected chi connectivity index (χ3v) is 2.72. The van der Waals surface area contributed by atoms with E-state index >= 15 is 0 Å². The molecule has 2 heterocycles. The molecule has 2 aromatic heterocycles. The molecule has 3 aromatic rings. The monoisotopic (exact) mass is 263 g/mol. The Morgan fingerprint density at radius 1 is 1.00 bits per heavy atom. The number of fused-ring (bicyclic) bond motifs is 1. The molecule has 0 amide bonds. The van der Waals surface area contributed by atoms with Crippen molar-refractivity contribution in [3.63, 3.8) is 0 Å². The van der Waals surface area contributed by atoms with Crippen molar-refractivity contribution in [1.29, 1.82) is 0 Å². The largest absolute Gasteiger partial charge is 0.432 e. The van der Waals surface area contributed by atoms with Crippen LogP contribution in [-0.4, -0.2) is 15.0 Å². The van der Waals surface area contributed by atoms with Crippen molar-refractivity contribution in [1.82, 2.24) is 15.0 Å². The van der Waals surface area contributed by atoms with Crippen LogP contribution in [0.2, 0.25) is 0 Å². The van der Waals surface area contributed by atoms with Crippen LogP contribution in [0.3, 0.4) is 0 Å². The van der Waals surface area contributed by atoms with Crippen LogP contribution in [0.25, 0.3) is 22.4 Å². The second kappa shape index (κ2) is 4.08. The predicted octanol–water partition coefficient (Wildman–Crippen LogP) is 3.64. The summed E-state index contributed by atoms with van der Waals surface area (Å²) < 4.78 is 37.4. The Bertz CT molecular complexity index is 731. The number of hydrogen-bond acceptors (Lipinski definition) is 2. The number of alkyl halides is 3. The van der Waals surface area contributed by atoms with Gasteiger partial charge in [0.2, 0.25) is 0 Å². The number of hydrogen-bond donors (Lipinski definition) is 1. The van der Waals surface area contributed by atoms with Crippen LogP contribution in [0.1, 0.15) is 5.69 Å². The number of aromatic amines is 1. The van der Waals surface area contributed by atoms with Crippen molar-refractivity contribution in [3.05, 3.63) is 48.3 Å². The highest BCUT2D eigenvalue weighted by Gasteiger charge is 2.33. The summed E-state index contributed by atoms with van der Waals surface area (Å²) in [6, 6.07) is 10.8. The first-order chi connectivity index (χ1) is 9.04. The topological polar surface area (TPSA) is 41.6 Å². The third kappa shape index (κ3) is 2.16. The molecule has 0 aliphatic rings. The lowest BCUT2D eigenvalue weighted by atomic mass is 10.2. The van der Waals surface area contributed by atoms with Gasteiger partial charge in [-0.3, -0.25) is 0 Å². The van der Waals surface area contributed by atoms with Crippen molar-refractivity contribution >= 4 is 10.9 Å². The molecule has 0 fully saturated rings. The number of nitrogens with one attached hydrogen (secondary N) is 1. The van der Waals surface area contributed by atoms with Gasteiger partial charge in [-0.1, -0.05) is 24.3 Å². The van der Waals surface area contributed by atoms with Gasteiger partial charge < -0.3 is 4.98 Å². The lowest BCUT2D eigenvalue weighted by Crippen LogP contribution is -2.04. The quantitative estimate of drug-likeness (QED) is 0.728. The predicted molar refractivity (Wildman–Crippen MR) is 64.3 cm³/mol. The standard InChI is InChI=1S/C13H8F3N3/c14-13(15,16)11-7-17-12(19-11)10-6-5-8-3-1-2-4-9(8)18-10/h1-7H,(H,17,19). The number of benzene rings is 1. The maximum absolute atomic E-state index is 12.5. The molecule has 0 atom stereocenters. The molecule has 0 aliphatic heterocycles. The number of para-hydroxylation sites is 1. The van der Waals surface area contributed by atoms with Gasteiger partial charge in [0.25, 0.3) is 0 Å². The molecule has 0 radical (unpaired) electrons. The Kier molecular flexibility index (Phi) is 2.51. The average molecular weight is 263 g/mol. The lowest BCUT2D eigenvalue weighted by molar-refractivity contribution is -0.140. The van der Waals surface area contributed by atoms with Gasteiger partial charge >= 0.3 is 6.18 Å². The molecule has 0 spiro atoms. The zero-order valence-electron chi connectivity index (χ0n) is 9.57. The molecule has 0 unspecified atom stereocenters. The van der Waals surface area contributed by atoms with Crippen LogP contribution < -0.4 is 0 Å². The summed E-state index contributed by atoms with van der Waals surface area (Å²) in [6.07, 6.45) is -3.66. The normalized spacial score (nSPS) is 11.9. The van der Waals surface area contributed by atoms with Gasteiger partial charge in [0, 0.05) is 5.39 Å². The van der Waals surface area contributed by atoms with Gasteiger partial charge in [0.05, 0.1) is 11.7 Å². The molecule has 1 N–H and O–H groups in total. The molecule has 0 saturated carbocycles. The van der Waals surface area contributed by atoms with E-state index in [-0.39, 0.29) is 5.82 Å². The Morgan fingerprint density at radius 2 is 1.79 bits per heavy atom. The summed E-state index contributed by atoms with van der Waals surface area (Å²) in [4.78, 5) is 10.2. The van der Waals surface area contributed by atoms with E-state index in [2.05, 4.69) is 15.0 Å². The van der Waals surface area contributed by atoms with Gasteiger partial charge in [0.15, 0.2) is 5.82 Å². The van der Waals surface area contributed by atoms with Crippen LogP contribution in [0, 0.1) is 0 Å². The van der Waals surface area contributed by atoms with E-state index in [0.717, 1.165) is 11.6 Å². The van der Waals surface area contributed by atoms with E-state index in [1.165, 1.54) is 0 Å². The summed E-state index contributed by atoms with van der Waals surface area (Å²) in [5, 5.41) is 0.925. The number of aromatic nitrogens is 3. The number of pyridine rings is 1. The summed E-state index contributed by atoms with van der Waals surface area (Å²) in [5.74, 6) is 0.109. The molecule has 6 heteroatoms. The van der Waals surface area contributed by atoms with E-state index in [9.17, 15) is 13.2 Å². The van der Waals surface area contributed by atoms with E-state index < -0.39 is 11.9 Å². The van der Waals surface area contributed by atoms with Gasteiger partial charge in [-0.05, 0) is 12.1 Å². The molecule has 3 nitrogen and oxygen atoms in total. The molecule has 0 bridgehead atoms. The van der Waals surface area contributed by atoms with Crippen molar-refractivity contribution in [3.8, 4) is 11.5 Å². The zero-order valence-corrected chi connectivity index (χ0v) is 9.57. The molecule has 0 saturated heterocycles. The maximum Gasteiger partial charge on any atom is 0.432 e. The summed E-state index contributed by atoms with van der Waals surface area (Å²) in [7, 11) is 0. The Morgan fingerprint density at radius 3 is 2.53 bits per heavy atom. The third-order valence-electron chi connectivity index (χ3n) is 2.72. The van der Waals surface area contributed by atoms with Gasteiger partial charge in [0.1, 0.15) is 11.4 Å². The fraction of sp³-hybridized carbons (Fsp3) is 0.0769. The minimum atomic E-state index is -4.43. The van der Waals surface area contributed by atoms with Gasteiger partial charge in [-0.25, -0.2) is 9.97 Å². The van der Waals surface area contributed by atoms with Gasteiger partial charge in [-0.2, -0.15) is 13.2 Å². The second-order valence-corrected chi connectivity index (χ2v) is 4.03. The molecule has 19 heavy (non-hydrogen) atoms. The van der Waals surface area contributed by atoms with Crippen LogP contribution in [0.4, 0.5) is 13.2 Å². The summed E-state index contributed by atoms with van der Waals surface area (Å²) >= 11 is 0. The zero-order chi connectivity index (χ0) is 13.5. The SMILES string of the molecule is FC(F)(F)c1cnc(-c2ccc3ccccc3n2)[nH]1. The average Bonchev–Trinajstić information content (AvgIpc) is 2.87.